The second kappa shape index (κ2) is 10.5. The number of guanidine groups is 1. The van der Waals surface area contributed by atoms with Crippen LogP contribution in [-0.4, -0.2) is 79.3 Å². The molecule has 0 spiro atoms. The van der Waals surface area contributed by atoms with Gasteiger partial charge in [0.25, 0.3) is 0 Å². The molecule has 8 heteroatoms. The summed E-state index contributed by atoms with van der Waals surface area (Å²) >= 11 is 0. The molecule has 1 amide bonds. The van der Waals surface area contributed by atoms with Crippen LogP contribution in [0.4, 0.5) is 4.79 Å². The summed E-state index contributed by atoms with van der Waals surface area (Å²) in [5.41, 5.74) is -0.440. The number of piperidine rings is 2. The Labute approximate surface area is 193 Å². The highest BCUT2D eigenvalue weighted by Crippen LogP contribution is 2.36. The van der Waals surface area contributed by atoms with Gasteiger partial charge in [-0.05, 0) is 78.8 Å². The molecule has 2 bridgehead atoms. The Bertz CT molecular complexity index is 566. The fourth-order valence-corrected chi connectivity index (χ4v) is 4.98. The van der Waals surface area contributed by atoms with Crippen molar-refractivity contribution in [3.63, 3.8) is 0 Å². The summed E-state index contributed by atoms with van der Waals surface area (Å²) in [6.07, 6.45) is 6.48. The van der Waals surface area contributed by atoms with E-state index in [-0.39, 0.29) is 42.2 Å². The number of hydrogen-bond donors (Lipinski definition) is 2. The second-order valence-electron chi connectivity index (χ2n) is 9.81. The summed E-state index contributed by atoms with van der Waals surface area (Å²) < 4.78 is 5.64. The van der Waals surface area contributed by atoms with Crippen molar-refractivity contribution in [3.8, 4) is 0 Å². The van der Waals surface area contributed by atoms with E-state index in [2.05, 4.69) is 27.6 Å². The maximum absolute atomic E-state index is 12.6. The van der Waals surface area contributed by atoms with Crippen LogP contribution in [0.3, 0.4) is 0 Å². The monoisotopic (exact) mass is 521 g/mol. The van der Waals surface area contributed by atoms with E-state index in [9.17, 15) is 4.79 Å². The first-order valence-corrected chi connectivity index (χ1v) is 10.9. The van der Waals surface area contributed by atoms with Crippen LogP contribution in [-0.2, 0) is 4.74 Å². The number of rotatable bonds is 3. The first-order chi connectivity index (χ1) is 13.2. The van der Waals surface area contributed by atoms with Gasteiger partial charge in [-0.1, -0.05) is 0 Å². The highest BCUT2D eigenvalue weighted by atomic mass is 127. The maximum atomic E-state index is 12.6. The average molecular weight is 521 g/mol. The molecule has 7 nitrogen and oxygen atoms in total. The molecule has 3 rings (SSSR count). The molecule has 3 saturated heterocycles. The molecule has 3 aliphatic rings. The molecule has 0 aromatic carbocycles. The Hall–Kier alpha value is -0.770. The van der Waals surface area contributed by atoms with Crippen LogP contribution < -0.4 is 10.6 Å². The predicted molar refractivity (Wildman–Crippen MR) is 128 cm³/mol. The van der Waals surface area contributed by atoms with Crippen molar-refractivity contribution < 1.29 is 9.53 Å². The fourth-order valence-electron chi connectivity index (χ4n) is 4.98. The Kier molecular flexibility index (Phi) is 8.87. The maximum Gasteiger partial charge on any atom is 0.410 e. The Morgan fingerprint density at radius 1 is 1.17 bits per heavy atom. The normalized spacial score (nSPS) is 30.5. The summed E-state index contributed by atoms with van der Waals surface area (Å²) in [7, 11) is 4.04. The summed E-state index contributed by atoms with van der Waals surface area (Å²) in [4.78, 5) is 21.5. The van der Waals surface area contributed by atoms with Crippen LogP contribution in [0, 0.1) is 5.92 Å². The summed E-state index contributed by atoms with van der Waals surface area (Å²) in [5, 5.41) is 7.14. The Balaban J connectivity index is 0.00000300. The largest absolute Gasteiger partial charge is 0.444 e. The van der Waals surface area contributed by atoms with Crippen molar-refractivity contribution >= 4 is 36.0 Å². The third-order valence-corrected chi connectivity index (χ3v) is 6.18. The highest BCUT2D eigenvalue weighted by molar-refractivity contribution is 14.0. The number of aliphatic imine (C=N–C) groups is 1. The van der Waals surface area contributed by atoms with Crippen LogP contribution >= 0.6 is 24.0 Å². The number of nitrogens with zero attached hydrogens (tertiary/aromatic N) is 3. The first kappa shape index (κ1) is 24.5. The van der Waals surface area contributed by atoms with E-state index >= 15 is 0 Å². The lowest BCUT2D eigenvalue weighted by molar-refractivity contribution is 0.00544. The van der Waals surface area contributed by atoms with Gasteiger partial charge in [0.1, 0.15) is 5.60 Å². The number of fused-ring (bicyclic) bond motifs is 2. The number of amides is 1. The summed E-state index contributed by atoms with van der Waals surface area (Å²) in [5.74, 6) is 1.57. The van der Waals surface area contributed by atoms with E-state index in [1.807, 2.05) is 32.7 Å². The molecule has 29 heavy (non-hydrogen) atoms. The van der Waals surface area contributed by atoms with Crippen molar-refractivity contribution in [1.29, 1.82) is 0 Å². The number of carbonyl (C=O) groups is 1. The zero-order chi connectivity index (χ0) is 20.3. The van der Waals surface area contributed by atoms with Gasteiger partial charge >= 0.3 is 6.09 Å². The molecule has 3 fully saturated rings. The standard InChI is InChI=1S/C21H39N5O2.HI/c1-21(2,3)28-20(27)26-17-8-9-18(26)12-16(11-17)24-19(22-4)23-13-15-7-6-10-25(5)14-15;/h15-18H,6-14H2,1-5H3,(H2,22,23,24);1H. The van der Waals surface area contributed by atoms with Gasteiger partial charge in [0.15, 0.2) is 5.96 Å². The third kappa shape index (κ3) is 6.87. The van der Waals surface area contributed by atoms with Crippen molar-refractivity contribution in [3.05, 3.63) is 0 Å². The number of likely N-dealkylation sites (tertiary alicyclic amines) is 1. The number of ether oxygens (including phenoxy) is 1. The van der Waals surface area contributed by atoms with Crippen molar-refractivity contribution in [1.82, 2.24) is 20.4 Å². The smallest absolute Gasteiger partial charge is 0.410 e. The fraction of sp³-hybridized carbons (Fsp3) is 0.905. The minimum Gasteiger partial charge on any atom is -0.444 e. The van der Waals surface area contributed by atoms with E-state index in [1.54, 1.807) is 0 Å². The van der Waals surface area contributed by atoms with Gasteiger partial charge in [0.05, 0.1) is 0 Å². The zero-order valence-electron chi connectivity index (χ0n) is 18.7. The lowest BCUT2D eigenvalue weighted by atomic mass is 9.97. The quantitative estimate of drug-likeness (QED) is 0.340. The van der Waals surface area contributed by atoms with Gasteiger partial charge in [-0.2, -0.15) is 0 Å². The molecule has 168 valence electrons. The molecule has 3 atom stereocenters. The van der Waals surface area contributed by atoms with Crippen LogP contribution in [0.25, 0.3) is 0 Å². The molecule has 2 N–H and O–H groups in total. The number of hydrogen-bond acceptors (Lipinski definition) is 4. The van der Waals surface area contributed by atoms with Gasteiger partial charge in [-0.25, -0.2) is 4.79 Å². The van der Waals surface area contributed by atoms with Gasteiger partial charge in [-0.3, -0.25) is 4.99 Å². The highest BCUT2D eigenvalue weighted by Gasteiger charge is 2.45. The minimum atomic E-state index is -0.440. The van der Waals surface area contributed by atoms with Crippen molar-refractivity contribution in [2.45, 2.75) is 83.0 Å². The van der Waals surface area contributed by atoms with Gasteiger partial charge in [0.2, 0.25) is 0 Å². The number of nitrogens with one attached hydrogen (secondary N) is 2. The van der Waals surface area contributed by atoms with E-state index in [0.717, 1.165) is 44.7 Å². The lowest BCUT2D eigenvalue weighted by Gasteiger charge is -2.40. The minimum absolute atomic E-state index is 0. The molecule has 0 aliphatic carbocycles. The van der Waals surface area contributed by atoms with E-state index in [1.165, 1.54) is 19.4 Å². The molecule has 3 unspecified atom stereocenters. The Morgan fingerprint density at radius 2 is 1.83 bits per heavy atom. The molecular formula is C21H40IN5O2. The van der Waals surface area contributed by atoms with Gasteiger partial charge in [-0.15, -0.1) is 24.0 Å². The third-order valence-electron chi connectivity index (χ3n) is 6.18. The average Bonchev–Trinajstić information content (AvgIpc) is 2.88. The van der Waals surface area contributed by atoms with Crippen LogP contribution in [0.2, 0.25) is 0 Å². The SMILES string of the molecule is CN=C(NCC1CCCN(C)C1)NC1CC2CCC(C1)N2C(=O)OC(C)(C)C.I. The molecular weight excluding hydrogens is 481 g/mol. The van der Waals surface area contributed by atoms with Crippen LogP contribution in [0.15, 0.2) is 4.99 Å². The van der Waals surface area contributed by atoms with E-state index in [0.29, 0.717) is 12.0 Å². The summed E-state index contributed by atoms with van der Waals surface area (Å²) in [6, 6.07) is 0.906. The molecule has 3 aliphatic heterocycles. The van der Waals surface area contributed by atoms with Gasteiger partial charge < -0.3 is 25.2 Å². The number of halogens is 1. The van der Waals surface area contributed by atoms with E-state index < -0.39 is 5.60 Å². The van der Waals surface area contributed by atoms with Crippen molar-refractivity contribution in [2.75, 3.05) is 33.7 Å². The topological polar surface area (TPSA) is 69.2 Å². The second-order valence-corrected chi connectivity index (χ2v) is 9.81. The summed E-state index contributed by atoms with van der Waals surface area (Å²) in [6.45, 7) is 9.13. The van der Waals surface area contributed by atoms with E-state index in [4.69, 9.17) is 4.74 Å². The zero-order valence-corrected chi connectivity index (χ0v) is 21.1. The van der Waals surface area contributed by atoms with Gasteiger partial charge in [0, 0.05) is 38.3 Å². The first-order valence-electron chi connectivity index (χ1n) is 10.9. The van der Waals surface area contributed by atoms with Crippen molar-refractivity contribution in [2.24, 2.45) is 10.9 Å². The van der Waals surface area contributed by atoms with Crippen LogP contribution in [0.1, 0.15) is 59.3 Å². The number of carbonyl (C=O) groups excluding carboxylic acids is 1. The molecule has 3 heterocycles. The lowest BCUT2D eigenvalue weighted by Crippen LogP contribution is -2.55. The molecule has 0 aromatic heterocycles. The Morgan fingerprint density at radius 3 is 2.38 bits per heavy atom. The predicted octanol–water partition coefficient (Wildman–Crippen LogP) is 3.04. The molecule has 0 aromatic rings. The van der Waals surface area contributed by atoms with Crippen LogP contribution in [0.5, 0.6) is 0 Å². The molecule has 0 saturated carbocycles. The molecule has 0 radical (unpaired) electrons.